The number of carboxylic acid groups (broad SMARTS) is 1. The zero-order valence-electron chi connectivity index (χ0n) is 23.4. The largest absolute Gasteiger partial charge is 0.481 e. The SMILES string of the molecule is CC(C)(C)CC(CNC(=O)OCC1c2ccccc2-c2ccccc21)C(=O)N(CCC(=O)O)Cc1ccccc1. The molecule has 1 unspecified atom stereocenters. The lowest BCUT2D eigenvalue weighted by Gasteiger charge is -2.31. The predicted octanol–water partition coefficient (Wildman–Crippen LogP) is 6.08. The number of carboxylic acids is 1. The maximum Gasteiger partial charge on any atom is 0.407 e. The number of ether oxygens (including phenoxy) is 1. The Morgan fingerprint density at radius 2 is 1.48 bits per heavy atom. The Bertz CT molecular complexity index is 1290. The number of alkyl carbamates (subject to hydrolysis) is 1. The van der Waals surface area contributed by atoms with Gasteiger partial charge in [0.2, 0.25) is 5.91 Å². The average Bonchev–Trinajstić information content (AvgIpc) is 3.25. The Balaban J connectivity index is 1.42. The molecular formula is C33H38N2O5. The van der Waals surface area contributed by atoms with E-state index in [0.717, 1.165) is 27.8 Å². The van der Waals surface area contributed by atoms with E-state index >= 15 is 0 Å². The predicted molar refractivity (Wildman–Crippen MR) is 155 cm³/mol. The molecule has 0 fully saturated rings. The topological polar surface area (TPSA) is 95.9 Å². The number of hydrogen-bond donors (Lipinski definition) is 2. The third-order valence-corrected chi connectivity index (χ3v) is 7.17. The molecular weight excluding hydrogens is 504 g/mol. The van der Waals surface area contributed by atoms with Crippen molar-refractivity contribution in [1.82, 2.24) is 10.2 Å². The number of nitrogens with one attached hydrogen (secondary N) is 1. The van der Waals surface area contributed by atoms with Gasteiger partial charge in [0.1, 0.15) is 6.61 Å². The smallest absolute Gasteiger partial charge is 0.407 e. The van der Waals surface area contributed by atoms with E-state index in [1.165, 1.54) is 0 Å². The summed E-state index contributed by atoms with van der Waals surface area (Å²) in [5, 5.41) is 12.1. The molecule has 7 heteroatoms. The number of carbonyl (C=O) groups excluding carboxylic acids is 2. The second-order valence-corrected chi connectivity index (χ2v) is 11.6. The van der Waals surface area contributed by atoms with Gasteiger partial charge in [-0.1, -0.05) is 99.6 Å². The van der Waals surface area contributed by atoms with Gasteiger partial charge in [0.25, 0.3) is 0 Å². The molecule has 0 bridgehead atoms. The summed E-state index contributed by atoms with van der Waals surface area (Å²) in [6, 6.07) is 25.8. The molecule has 1 aliphatic carbocycles. The van der Waals surface area contributed by atoms with Crippen molar-refractivity contribution in [2.24, 2.45) is 11.3 Å². The van der Waals surface area contributed by atoms with E-state index in [1.807, 2.05) is 75.4 Å². The first-order valence-electron chi connectivity index (χ1n) is 13.8. The lowest BCUT2D eigenvalue weighted by Crippen LogP contribution is -2.43. The summed E-state index contributed by atoms with van der Waals surface area (Å²) in [5.41, 5.74) is 5.31. The first kappa shape index (κ1) is 28.9. The van der Waals surface area contributed by atoms with Crippen molar-refractivity contribution in [3.05, 3.63) is 95.6 Å². The van der Waals surface area contributed by atoms with Crippen molar-refractivity contribution in [3.8, 4) is 11.1 Å². The van der Waals surface area contributed by atoms with Gasteiger partial charge < -0.3 is 20.1 Å². The maximum absolute atomic E-state index is 13.7. The van der Waals surface area contributed by atoms with Crippen LogP contribution in [0.25, 0.3) is 11.1 Å². The molecule has 3 aromatic carbocycles. The minimum absolute atomic E-state index is 0.0532. The van der Waals surface area contributed by atoms with Crippen LogP contribution >= 0.6 is 0 Å². The number of aliphatic carboxylic acids is 1. The van der Waals surface area contributed by atoms with Crippen LogP contribution in [0.3, 0.4) is 0 Å². The molecule has 0 radical (unpaired) electrons. The van der Waals surface area contributed by atoms with Gasteiger partial charge in [-0.3, -0.25) is 9.59 Å². The van der Waals surface area contributed by atoms with Gasteiger partial charge in [-0.05, 0) is 39.7 Å². The summed E-state index contributed by atoms with van der Waals surface area (Å²) in [4.78, 5) is 39.5. The van der Waals surface area contributed by atoms with Gasteiger partial charge in [-0.2, -0.15) is 0 Å². The van der Waals surface area contributed by atoms with Crippen LogP contribution in [-0.4, -0.2) is 47.7 Å². The number of amides is 2. The fraction of sp³-hybridized carbons (Fsp3) is 0.364. The molecule has 0 aromatic heterocycles. The average molecular weight is 543 g/mol. The fourth-order valence-electron chi connectivity index (χ4n) is 5.40. The molecule has 1 atom stereocenters. The van der Waals surface area contributed by atoms with Crippen molar-refractivity contribution in [1.29, 1.82) is 0 Å². The molecule has 4 rings (SSSR count). The van der Waals surface area contributed by atoms with Gasteiger partial charge in [-0.15, -0.1) is 0 Å². The fourth-order valence-corrected chi connectivity index (χ4v) is 5.40. The lowest BCUT2D eigenvalue weighted by molar-refractivity contribution is -0.140. The monoisotopic (exact) mass is 542 g/mol. The highest BCUT2D eigenvalue weighted by atomic mass is 16.5. The van der Waals surface area contributed by atoms with E-state index in [1.54, 1.807) is 4.90 Å². The van der Waals surface area contributed by atoms with Crippen molar-refractivity contribution < 1.29 is 24.2 Å². The molecule has 1 aliphatic rings. The molecule has 0 saturated heterocycles. The highest BCUT2D eigenvalue weighted by molar-refractivity contribution is 5.81. The van der Waals surface area contributed by atoms with Crippen LogP contribution in [-0.2, 0) is 20.9 Å². The van der Waals surface area contributed by atoms with E-state index in [-0.39, 0.29) is 43.4 Å². The molecule has 0 heterocycles. The second kappa shape index (κ2) is 12.8. The molecule has 210 valence electrons. The van der Waals surface area contributed by atoms with E-state index in [9.17, 15) is 19.5 Å². The van der Waals surface area contributed by atoms with Gasteiger partial charge in [0.05, 0.1) is 12.3 Å². The Hall–Kier alpha value is -4.13. The minimum Gasteiger partial charge on any atom is -0.481 e. The summed E-state index contributed by atoms with van der Waals surface area (Å²) in [6.07, 6.45) is -0.206. The summed E-state index contributed by atoms with van der Waals surface area (Å²) < 4.78 is 5.68. The van der Waals surface area contributed by atoms with E-state index in [4.69, 9.17) is 4.74 Å². The Morgan fingerprint density at radius 3 is 2.05 bits per heavy atom. The zero-order chi connectivity index (χ0) is 28.7. The first-order chi connectivity index (χ1) is 19.1. The van der Waals surface area contributed by atoms with Crippen molar-refractivity contribution in [2.45, 2.75) is 46.1 Å². The van der Waals surface area contributed by atoms with Gasteiger partial charge >= 0.3 is 12.1 Å². The Labute approximate surface area is 236 Å². The van der Waals surface area contributed by atoms with Crippen LogP contribution < -0.4 is 5.32 Å². The molecule has 0 aliphatic heterocycles. The highest BCUT2D eigenvalue weighted by Crippen LogP contribution is 2.44. The van der Waals surface area contributed by atoms with Crippen molar-refractivity contribution in [2.75, 3.05) is 19.7 Å². The number of fused-ring (bicyclic) bond motifs is 3. The Morgan fingerprint density at radius 1 is 0.900 bits per heavy atom. The molecule has 2 N–H and O–H groups in total. The highest BCUT2D eigenvalue weighted by Gasteiger charge is 2.31. The molecule has 7 nitrogen and oxygen atoms in total. The number of benzene rings is 3. The first-order valence-corrected chi connectivity index (χ1v) is 13.8. The molecule has 3 aromatic rings. The van der Waals surface area contributed by atoms with Crippen LogP contribution in [0.1, 0.15) is 56.2 Å². The van der Waals surface area contributed by atoms with Gasteiger partial charge in [0, 0.05) is 25.6 Å². The summed E-state index contributed by atoms with van der Waals surface area (Å²) in [7, 11) is 0. The minimum atomic E-state index is -0.963. The number of carbonyl (C=O) groups is 3. The normalized spacial score (nSPS) is 13.2. The summed E-state index contributed by atoms with van der Waals surface area (Å²) in [6.45, 7) is 6.81. The third kappa shape index (κ3) is 7.50. The lowest BCUT2D eigenvalue weighted by atomic mass is 9.84. The van der Waals surface area contributed by atoms with Crippen LogP contribution in [0.15, 0.2) is 78.9 Å². The molecule has 40 heavy (non-hydrogen) atoms. The van der Waals surface area contributed by atoms with E-state index in [0.29, 0.717) is 13.0 Å². The Kier molecular flexibility index (Phi) is 9.25. The summed E-state index contributed by atoms with van der Waals surface area (Å²) >= 11 is 0. The number of rotatable bonds is 11. The van der Waals surface area contributed by atoms with Crippen LogP contribution in [0.2, 0.25) is 0 Å². The maximum atomic E-state index is 13.7. The standard InChI is InChI=1S/C33H38N2O5/c1-33(2,3)19-24(31(38)35(18-17-30(36)37)21-23-11-5-4-6-12-23)20-34-32(39)40-22-29-27-15-9-7-13-25(27)26-14-8-10-16-28(26)29/h4-16,24,29H,17-22H2,1-3H3,(H,34,39)(H,36,37). The van der Waals surface area contributed by atoms with Gasteiger partial charge in [0.15, 0.2) is 0 Å². The zero-order valence-corrected chi connectivity index (χ0v) is 23.4. The molecule has 2 amide bonds. The number of nitrogens with zero attached hydrogens (tertiary/aromatic N) is 1. The van der Waals surface area contributed by atoms with Gasteiger partial charge in [-0.25, -0.2) is 4.79 Å². The van der Waals surface area contributed by atoms with Crippen molar-refractivity contribution in [3.63, 3.8) is 0 Å². The van der Waals surface area contributed by atoms with Crippen molar-refractivity contribution >= 4 is 18.0 Å². The number of hydrogen-bond acceptors (Lipinski definition) is 4. The third-order valence-electron chi connectivity index (χ3n) is 7.17. The second-order valence-electron chi connectivity index (χ2n) is 11.6. The van der Waals surface area contributed by atoms with E-state index in [2.05, 4.69) is 29.6 Å². The van der Waals surface area contributed by atoms with Crippen LogP contribution in [0.5, 0.6) is 0 Å². The van der Waals surface area contributed by atoms with E-state index < -0.39 is 18.0 Å². The molecule has 0 saturated carbocycles. The quantitative estimate of drug-likeness (QED) is 0.306. The van der Waals surface area contributed by atoms with Crippen LogP contribution in [0, 0.1) is 11.3 Å². The summed E-state index contributed by atoms with van der Waals surface area (Å²) in [5.74, 6) is -1.73. The van der Waals surface area contributed by atoms with Crippen LogP contribution in [0.4, 0.5) is 4.79 Å². The molecule has 0 spiro atoms.